The third-order valence-electron chi connectivity index (χ3n) is 3.96. The molecule has 0 fully saturated rings. The Bertz CT molecular complexity index is 982. The van der Waals surface area contributed by atoms with Crippen LogP contribution in [-0.2, 0) is 16.4 Å². The second kappa shape index (κ2) is 7.16. The predicted octanol–water partition coefficient (Wildman–Crippen LogP) is 2.53. The fourth-order valence-electron chi connectivity index (χ4n) is 2.62. The fourth-order valence-corrected chi connectivity index (χ4v) is 3.77. The van der Waals surface area contributed by atoms with Crippen molar-refractivity contribution >= 4 is 26.7 Å². The molecule has 0 unspecified atom stereocenters. The predicted molar refractivity (Wildman–Crippen MR) is 99.0 cm³/mol. The van der Waals surface area contributed by atoms with Crippen LogP contribution in [-0.4, -0.2) is 43.3 Å². The third kappa shape index (κ3) is 3.62. The first-order valence-electron chi connectivity index (χ1n) is 7.94. The van der Waals surface area contributed by atoms with E-state index < -0.39 is 10.0 Å². The first-order chi connectivity index (χ1) is 12.0. The van der Waals surface area contributed by atoms with Gasteiger partial charge < -0.3 is 5.32 Å². The Hall–Kier alpha value is -2.51. The van der Waals surface area contributed by atoms with E-state index in [0.717, 1.165) is 22.3 Å². The lowest BCUT2D eigenvalue weighted by molar-refractivity contribution is 0.519. The summed E-state index contributed by atoms with van der Waals surface area (Å²) in [6, 6.07) is 14.8. The number of hydrogen-bond acceptors (Lipinski definition) is 5. The summed E-state index contributed by atoms with van der Waals surface area (Å²) < 4.78 is 26.1. The Morgan fingerprint density at radius 3 is 2.52 bits per heavy atom. The van der Waals surface area contributed by atoms with Gasteiger partial charge in [-0.25, -0.2) is 22.7 Å². The van der Waals surface area contributed by atoms with Crippen LogP contribution >= 0.6 is 0 Å². The van der Waals surface area contributed by atoms with Gasteiger partial charge in [0.05, 0.1) is 10.4 Å². The first-order valence-corrected chi connectivity index (χ1v) is 9.38. The van der Waals surface area contributed by atoms with Crippen LogP contribution < -0.4 is 5.32 Å². The molecule has 0 aliphatic carbocycles. The fraction of sp³-hybridized carbons (Fsp3) is 0.222. The maximum absolute atomic E-state index is 12.4. The van der Waals surface area contributed by atoms with Crippen LogP contribution in [0.1, 0.15) is 5.56 Å². The van der Waals surface area contributed by atoms with Crippen LogP contribution in [0.2, 0.25) is 0 Å². The summed E-state index contributed by atoms with van der Waals surface area (Å²) >= 11 is 0. The third-order valence-corrected chi connectivity index (χ3v) is 5.88. The number of para-hydroxylation sites is 1. The maximum atomic E-state index is 12.4. The highest BCUT2D eigenvalue weighted by atomic mass is 32.2. The molecule has 0 spiro atoms. The molecule has 0 saturated carbocycles. The molecule has 1 aromatic heterocycles. The van der Waals surface area contributed by atoms with Gasteiger partial charge in [-0.3, -0.25) is 0 Å². The molecule has 0 radical (unpaired) electrons. The van der Waals surface area contributed by atoms with Gasteiger partial charge in [-0.1, -0.05) is 30.3 Å². The van der Waals surface area contributed by atoms with Gasteiger partial charge in [-0.15, -0.1) is 0 Å². The first kappa shape index (κ1) is 17.3. The molecule has 0 saturated heterocycles. The summed E-state index contributed by atoms with van der Waals surface area (Å²) in [5.74, 6) is 0.749. The molecule has 7 heteroatoms. The van der Waals surface area contributed by atoms with Crippen LogP contribution in [0.15, 0.2) is 59.8 Å². The van der Waals surface area contributed by atoms with Crippen molar-refractivity contribution in [2.75, 3.05) is 26.0 Å². The van der Waals surface area contributed by atoms with Gasteiger partial charge in [0.15, 0.2) is 0 Å². The number of anilines is 1. The SMILES string of the molecule is CN(C)S(=O)(=O)c1ccccc1CCNc1ncnc2ccccc12. The zero-order valence-corrected chi connectivity index (χ0v) is 15.0. The van der Waals surface area contributed by atoms with E-state index in [1.807, 2.05) is 36.4 Å². The number of benzene rings is 2. The number of nitrogens with one attached hydrogen (secondary N) is 1. The number of rotatable bonds is 6. The Labute approximate surface area is 147 Å². The Balaban J connectivity index is 1.79. The molecule has 25 heavy (non-hydrogen) atoms. The van der Waals surface area contributed by atoms with Crippen molar-refractivity contribution in [3.63, 3.8) is 0 Å². The molecule has 0 aliphatic heterocycles. The molecular formula is C18H20N4O2S. The summed E-state index contributed by atoms with van der Waals surface area (Å²) in [5.41, 5.74) is 1.65. The number of nitrogens with zero attached hydrogens (tertiary/aromatic N) is 3. The van der Waals surface area contributed by atoms with Crippen molar-refractivity contribution in [3.8, 4) is 0 Å². The topological polar surface area (TPSA) is 75.2 Å². The molecule has 1 heterocycles. The molecule has 0 atom stereocenters. The van der Waals surface area contributed by atoms with E-state index >= 15 is 0 Å². The van der Waals surface area contributed by atoms with Crippen LogP contribution in [0.4, 0.5) is 5.82 Å². The Kier molecular flexibility index (Phi) is 4.96. The van der Waals surface area contributed by atoms with E-state index in [1.54, 1.807) is 12.1 Å². The Morgan fingerprint density at radius 1 is 1.00 bits per heavy atom. The lowest BCUT2D eigenvalue weighted by Crippen LogP contribution is -2.23. The lowest BCUT2D eigenvalue weighted by Gasteiger charge is -2.15. The van der Waals surface area contributed by atoms with Crippen LogP contribution in [0.25, 0.3) is 10.9 Å². The molecule has 3 rings (SSSR count). The van der Waals surface area contributed by atoms with Crippen molar-refractivity contribution in [2.24, 2.45) is 0 Å². The molecule has 1 N–H and O–H groups in total. The van der Waals surface area contributed by atoms with Gasteiger partial charge in [0.1, 0.15) is 12.1 Å². The van der Waals surface area contributed by atoms with E-state index in [4.69, 9.17) is 0 Å². The minimum absolute atomic E-state index is 0.342. The number of aromatic nitrogens is 2. The number of sulfonamides is 1. The minimum atomic E-state index is -3.46. The standard InChI is InChI=1S/C18H20N4O2S/c1-22(2)25(23,24)17-10-6-3-7-14(17)11-12-19-18-15-8-4-5-9-16(15)20-13-21-18/h3-10,13H,11-12H2,1-2H3,(H,19,20,21). The largest absolute Gasteiger partial charge is 0.369 e. The molecule has 3 aromatic rings. The van der Waals surface area contributed by atoms with Gasteiger partial charge in [-0.2, -0.15) is 0 Å². The molecule has 6 nitrogen and oxygen atoms in total. The van der Waals surface area contributed by atoms with E-state index in [9.17, 15) is 8.42 Å². The summed E-state index contributed by atoms with van der Waals surface area (Å²) in [7, 11) is -0.379. The maximum Gasteiger partial charge on any atom is 0.242 e. The van der Waals surface area contributed by atoms with E-state index in [-0.39, 0.29) is 0 Å². The molecular weight excluding hydrogens is 336 g/mol. The second-order valence-corrected chi connectivity index (χ2v) is 7.93. The number of hydrogen-bond donors (Lipinski definition) is 1. The highest BCUT2D eigenvalue weighted by Crippen LogP contribution is 2.21. The molecule has 2 aromatic carbocycles. The summed E-state index contributed by atoms with van der Waals surface area (Å²) in [6.07, 6.45) is 2.09. The Morgan fingerprint density at radius 2 is 1.72 bits per heavy atom. The van der Waals surface area contributed by atoms with Gasteiger partial charge >= 0.3 is 0 Å². The second-order valence-electron chi connectivity index (χ2n) is 5.81. The summed E-state index contributed by atoms with van der Waals surface area (Å²) in [5, 5.41) is 4.23. The summed E-state index contributed by atoms with van der Waals surface area (Å²) in [6.45, 7) is 0.570. The highest BCUT2D eigenvalue weighted by molar-refractivity contribution is 7.89. The van der Waals surface area contributed by atoms with Gasteiger partial charge in [0.2, 0.25) is 10.0 Å². The van der Waals surface area contributed by atoms with E-state index in [0.29, 0.717) is 17.9 Å². The summed E-state index contributed by atoms with van der Waals surface area (Å²) in [4.78, 5) is 8.87. The molecule has 0 bridgehead atoms. The van der Waals surface area contributed by atoms with Crippen molar-refractivity contribution in [1.82, 2.24) is 14.3 Å². The van der Waals surface area contributed by atoms with Crippen LogP contribution in [0.5, 0.6) is 0 Å². The quantitative estimate of drug-likeness (QED) is 0.735. The smallest absolute Gasteiger partial charge is 0.242 e. The normalized spacial score (nSPS) is 11.8. The van der Waals surface area contributed by atoms with Crippen LogP contribution in [0.3, 0.4) is 0 Å². The average molecular weight is 356 g/mol. The molecule has 130 valence electrons. The molecule has 0 amide bonds. The zero-order valence-electron chi connectivity index (χ0n) is 14.2. The average Bonchev–Trinajstić information content (AvgIpc) is 2.62. The van der Waals surface area contributed by atoms with Gasteiger partial charge in [-0.05, 0) is 30.2 Å². The minimum Gasteiger partial charge on any atom is -0.369 e. The number of fused-ring (bicyclic) bond motifs is 1. The van der Waals surface area contributed by atoms with Gasteiger partial charge in [0, 0.05) is 26.0 Å². The van der Waals surface area contributed by atoms with Gasteiger partial charge in [0.25, 0.3) is 0 Å². The van der Waals surface area contributed by atoms with E-state index in [1.165, 1.54) is 24.7 Å². The monoisotopic (exact) mass is 356 g/mol. The highest BCUT2D eigenvalue weighted by Gasteiger charge is 2.20. The van der Waals surface area contributed by atoms with Crippen molar-refractivity contribution < 1.29 is 8.42 Å². The van der Waals surface area contributed by atoms with Crippen molar-refractivity contribution in [1.29, 1.82) is 0 Å². The van der Waals surface area contributed by atoms with Crippen LogP contribution in [0, 0.1) is 0 Å². The van der Waals surface area contributed by atoms with Crippen molar-refractivity contribution in [3.05, 3.63) is 60.4 Å². The molecule has 0 aliphatic rings. The lowest BCUT2D eigenvalue weighted by atomic mass is 10.1. The van der Waals surface area contributed by atoms with E-state index in [2.05, 4.69) is 15.3 Å². The zero-order chi connectivity index (χ0) is 17.9. The van der Waals surface area contributed by atoms with Crippen molar-refractivity contribution in [2.45, 2.75) is 11.3 Å².